The van der Waals surface area contributed by atoms with E-state index < -0.39 is 14.9 Å². The average molecular weight is 347 g/mol. The monoisotopic (exact) mass is 347 g/mol. The van der Waals surface area contributed by atoms with Crippen molar-refractivity contribution in [1.29, 1.82) is 0 Å². The van der Waals surface area contributed by atoms with Crippen molar-refractivity contribution in [2.75, 3.05) is 6.54 Å². The fourth-order valence-corrected chi connectivity index (χ4v) is 3.36. The molecule has 124 valence electrons. The molecule has 0 bridgehead atoms. The first-order valence-electron chi connectivity index (χ1n) is 7.19. The second-order valence-electron chi connectivity index (χ2n) is 5.17. The minimum absolute atomic E-state index is 0.00581. The van der Waals surface area contributed by atoms with Gasteiger partial charge in [0.2, 0.25) is 10.0 Å². The number of nitrogens with one attached hydrogen (secondary N) is 3. The van der Waals surface area contributed by atoms with Gasteiger partial charge in [-0.2, -0.15) is 0 Å². The molecule has 0 spiro atoms. The van der Waals surface area contributed by atoms with Crippen molar-refractivity contribution >= 4 is 26.7 Å². The van der Waals surface area contributed by atoms with E-state index in [2.05, 4.69) is 14.7 Å². The van der Waals surface area contributed by atoms with Gasteiger partial charge in [-0.1, -0.05) is 12.1 Å². The molecule has 24 heavy (non-hydrogen) atoms. The summed E-state index contributed by atoms with van der Waals surface area (Å²) in [7, 11) is -3.70. The van der Waals surface area contributed by atoms with Gasteiger partial charge in [0.05, 0.1) is 16.2 Å². The van der Waals surface area contributed by atoms with Crippen LogP contribution in [0.5, 0.6) is 0 Å². The van der Waals surface area contributed by atoms with Crippen LogP contribution in [0.25, 0.3) is 11.0 Å². The second-order valence-corrected chi connectivity index (χ2v) is 6.94. The standard InChI is InChI=1S/C15H14N4O4S/c20-19(21)11-5-7-12(8-6-11)24(22,23)16-10-9-15-17-13-3-1-2-4-14(13)18-15/h1-8,16H,9-10H2,(H,17,18)/p+1. The topological polar surface area (TPSA) is 119 Å². The van der Waals surface area contributed by atoms with Crippen LogP contribution in [0.1, 0.15) is 5.82 Å². The number of imidazole rings is 1. The molecule has 9 heteroatoms. The first-order valence-corrected chi connectivity index (χ1v) is 8.67. The number of nitro benzene ring substituents is 1. The largest absolute Gasteiger partial charge is 0.269 e. The molecule has 1 aromatic heterocycles. The van der Waals surface area contributed by atoms with Gasteiger partial charge in [-0.15, -0.1) is 0 Å². The van der Waals surface area contributed by atoms with Crippen molar-refractivity contribution < 1.29 is 18.3 Å². The lowest BCUT2D eigenvalue weighted by Gasteiger charge is -2.04. The predicted octanol–water partition coefficient (Wildman–Crippen LogP) is 1.41. The molecule has 0 amide bonds. The highest BCUT2D eigenvalue weighted by Crippen LogP contribution is 2.15. The number of fused-ring (bicyclic) bond motifs is 1. The highest BCUT2D eigenvalue weighted by Gasteiger charge is 2.16. The highest BCUT2D eigenvalue weighted by atomic mass is 32.2. The van der Waals surface area contributed by atoms with E-state index in [4.69, 9.17) is 0 Å². The Kier molecular flexibility index (Phi) is 4.28. The van der Waals surface area contributed by atoms with Crippen LogP contribution in [0.15, 0.2) is 53.4 Å². The maximum absolute atomic E-state index is 12.2. The average Bonchev–Trinajstić information content (AvgIpc) is 2.97. The summed E-state index contributed by atoms with van der Waals surface area (Å²) in [5.74, 6) is 0.808. The lowest BCUT2D eigenvalue weighted by atomic mass is 10.3. The molecule has 3 N–H and O–H groups in total. The Balaban J connectivity index is 1.65. The Morgan fingerprint density at radius 1 is 1.12 bits per heavy atom. The normalized spacial score (nSPS) is 11.7. The first-order chi connectivity index (χ1) is 11.5. The number of nitrogens with zero attached hydrogens (tertiary/aromatic N) is 1. The van der Waals surface area contributed by atoms with Crippen LogP contribution in [-0.2, 0) is 16.4 Å². The van der Waals surface area contributed by atoms with Crippen LogP contribution >= 0.6 is 0 Å². The number of non-ortho nitro benzene ring substituents is 1. The Morgan fingerprint density at radius 3 is 2.50 bits per heavy atom. The Bertz CT molecular complexity index is 947. The van der Waals surface area contributed by atoms with Crippen LogP contribution < -0.4 is 9.71 Å². The molecule has 3 rings (SSSR count). The van der Waals surface area contributed by atoms with E-state index in [-0.39, 0.29) is 17.1 Å². The molecular weight excluding hydrogens is 332 g/mol. The number of sulfonamides is 1. The fraction of sp³-hybridized carbons (Fsp3) is 0.133. The summed E-state index contributed by atoms with van der Waals surface area (Å²) >= 11 is 0. The van der Waals surface area contributed by atoms with Gasteiger partial charge in [-0.3, -0.25) is 10.1 Å². The SMILES string of the molecule is O=[N+]([O-])c1ccc(S(=O)(=O)NCCc2[nH]c3ccccc3[nH+]2)cc1. The second kappa shape index (κ2) is 6.38. The summed E-state index contributed by atoms with van der Waals surface area (Å²) in [6.45, 7) is 0.197. The summed E-state index contributed by atoms with van der Waals surface area (Å²) < 4.78 is 26.8. The lowest BCUT2D eigenvalue weighted by molar-refractivity contribution is -0.384. The van der Waals surface area contributed by atoms with Crippen molar-refractivity contribution in [3.05, 3.63) is 64.5 Å². The van der Waals surface area contributed by atoms with E-state index in [0.29, 0.717) is 6.42 Å². The zero-order chi connectivity index (χ0) is 17.2. The first kappa shape index (κ1) is 16.1. The third kappa shape index (κ3) is 3.42. The van der Waals surface area contributed by atoms with Gasteiger partial charge in [0.15, 0.2) is 11.0 Å². The Hall–Kier alpha value is -2.78. The molecule has 0 unspecified atom stereocenters. The summed E-state index contributed by atoms with van der Waals surface area (Å²) in [6, 6.07) is 12.4. The van der Waals surface area contributed by atoms with Crippen LogP contribution in [0.4, 0.5) is 5.69 Å². The molecule has 8 nitrogen and oxygen atoms in total. The summed E-state index contributed by atoms with van der Waals surface area (Å²) in [6.07, 6.45) is 0.459. The molecule has 2 aromatic carbocycles. The minimum atomic E-state index is -3.70. The van der Waals surface area contributed by atoms with Gasteiger partial charge < -0.3 is 0 Å². The number of rotatable bonds is 6. The van der Waals surface area contributed by atoms with E-state index in [9.17, 15) is 18.5 Å². The molecule has 0 saturated carbocycles. The van der Waals surface area contributed by atoms with Crippen molar-refractivity contribution in [1.82, 2.24) is 9.71 Å². The molecule has 0 aliphatic carbocycles. The number of para-hydroxylation sites is 2. The van der Waals surface area contributed by atoms with Gasteiger partial charge >= 0.3 is 0 Å². The highest BCUT2D eigenvalue weighted by molar-refractivity contribution is 7.89. The van der Waals surface area contributed by atoms with E-state index in [1.54, 1.807) is 0 Å². The lowest BCUT2D eigenvalue weighted by Crippen LogP contribution is -2.27. The van der Waals surface area contributed by atoms with Crippen molar-refractivity contribution in [3.63, 3.8) is 0 Å². The molecule has 0 aliphatic heterocycles. The Labute approximate surface area is 137 Å². The van der Waals surface area contributed by atoms with Gasteiger partial charge in [-0.05, 0) is 24.3 Å². The van der Waals surface area contributed by atoms with Crippen LogP contribution in [-0.4, -0.2) is 24.9 Å². The molecule has 0 fully saturated rings. The molecule has 3 aromatic rings. The third-order valence-corrected chi connectivity index (χ3v) is 5.00. The number of aromatic amines is 2. The zero-order valence-corrected chi connectivity index (χ0v) is 13.3. The summed E-state index contributed by atoms with van der Waals surface area (Å²) in [4.78, 5) is 16.4. The summed E-state index contributed by atoms with van der Waals surface area (Å²) in [5.41, 5.74) is 1.75. The third-order valence-electron chi connectivity index (χ3n) is 3.52. The van der Waals surface area contributed by atoms with Gasteiger partial charge in [0.1, 0.15) is 0 Å². The molecule has 1 heterocycles. The molecule has 0 saturated heterocycles. The molecule has 0 radical (unpaired) electrons. The van der Waals surface area contributed by atoms with Crippen LogP contribution in [0, 0.1) is 10.1 Å². The number of benzene rings is 2. The smallest absolute Gasteiger partial charge is 0.258 e. The number of nitro groups is 1. The van der Waals surface area contributed by atoms with Crippen LogP contribution in [0.2, 0.25) is 0 Å². The van der Waals surface area contributed by atoms with Gasteiger partial charge in [-0.25, -0.2) is 23.1 Å². The molecule has 0 atom stereocenters. The van der Waals surface area contributed by atoms with Crippen molar-refractivity contribution in [2.24, 2.45) is 0 Å². The van der Waals surface area contributed by atoms with Gasteiger partial charge in [0, 0.05) is 18.7 Å². The fourth-order valence-electron chi connectivity index (χ4n) is 2.32. The summed E-state index contributed by atoms with van der Waals surface area (Å²) in [5, 5.41) is 10.6. The van der Waals surface area contributed by atoms with E-state index in [1.165, 1.54) is 24.3 Å². The van der Waals surface area contributed by atoms with Crippen molar-refractivity contribution in [3.8, 4) is 0 Å². The zero-order valence-electron chi connectivity index (χ0n) is 12.5. The minimum Gasteiger partial charge on any atom is -0.258 e. The van der Waals surface area contributed by atoms with Gasteiger partial charge in [0.25, 0.3) is 11.5 Å². The van der Waals surface area contributed by atoms with E-state index in [1.807, 2.05) is 24.3 Å². The van der Waals surface area contributed by atoms with Crippen molar-refractivity contribution in [2.45, 2.75) is 11.3 Å². The molecular formula is C15H15N4O4S+. The Morgan fingerprint density at radius 2 is 1.83 bits per heavy atom. The van der Waals surface area contributed by atoms with E-state index in [0.717, 1.165) is 16.9 Å². The quantitative estimate of drug-likeness (QED) is 0.517. The maximum atomic E-state index is 12.2. The number of hydrogen-bond acceptors (Lipinski definition) is 4. The number of H-pyrrole nitrogens is 2. The maximum Gasteiger partial charge on any atom is 0.269 e. The van der Waals surface area contributed by atoms with Crippen LogP contribution in [0.3, 0.4) is 0 Å². The predicted molar refractivity (Wildman–Crippen MR) is 86.8 cm³/mol. The number of hydrogen-bond donors (Lipinski definition) is 2. The molecule has 0 aliphatic rings. The van der Waals surface area contributed by atoms with E-state index >= 15 is 0 Å². The number of aromatic nitrogens is 2.